The van der Waals surface area contributed by atoms with Crippen molar-refractivity contribution >= 4 is 16.6 Å². The molecule has 9 nitrogen and oxygen atoms in total. The molecule has 3 aromatic carbocycles. The van der Waals surface area contributed by atoms with E-state index in [2.05, 4.69) is 0 Å². The standard InChI is InChI=1S/C24H18O9/c1-10-2-13(25)7-17(28)20(10)23(31)22-12(5-16-6-15(27)9-19(30)33-16)3-11-4-14(26)8-18(29)21(11)24(22)32/h2-4,6-9,25-29,32H,5H2,1H3. The number of hydrogen-bond acceptors (Lipinski definition) is 9. The number of fused-ring (bicyclic) bond motifs is 1. The number of benzene rings is 3. The quantitative estimate of drug-likeness (QED) is 0.256. The molecule has 0 fully saturated rings. The normalized spacial score (nSPS) is 11.1. The number of carbonyl (C=O) groups excluding carboxylic acids is 1. The summed E-state index contributed by atoms with van der Waals surface area (Å²) in [5.74, 6) is -3.40. The van der Waals surface area contributed by atoms with Crippen molar-refractivity contribution in [3.05, 3.63) is 80.9 Å². The third kappa shape index (κ3) is 3.87. The molecule has 0 saturated carbocycles. The molecule has 0 atom stereocenters. The number of phenols is 5. The average molecular weight is 450 g/mol. The third-order valence-electron chi connectivity index (χ3n) is 5.18. The predicted octanol–water partition coefficient (Wildman–Crippen LogP) is 3.16. The molecule has 0 bridgehead atoms. The summed E-state index contributed by atoms with van der Waals surface area (Å²) >= 11 is 0. The first kappa shape index (κ1) is 21.6. The minimum absolute atomic E-state index is 0.0242. The second-order valence-electron chi connectivity index (χ2n) is 7.59. The van der Waals surface area contributed by atoms with Crippen LogP contribution >= 0.6 is 0 Å². The zero-order chi connectivity index (χ0) is 24.0. The van der Waals surface area contributed by atoms with Crippen molar-refractivity contribution in [1.29, 1.82) is 0 Å². The predicted molar refractivity (Wildman–Crippen MR) is 116 cm³/mol. The van der Waals surface area contributed by atoms with Crippen LogP contribution in [0, 0.1) is 6.92 Å². The smallest absolute Gasteiger partial charge is 0.339 e. The van der Waals surface area contributed by atoms with Crippen molar-refractivity contribution < 1.29 is 39.9 Å². The minimum atomic E-state index is -0.829. The van der Waals surface area contributed by atoms with Gasteiger partial charge in [0.2, 0.25) is 5.78 Å². The van der Waals surface area contributed by atoms with Crippen LogP contribution in [0.1, 0.15) is 32.8 Å². The van der Waals surface area contributed by atoms with E-state index >= 15 is 0 Å². The molecular weight excluding hydrogens is 432 g/mol. The Labute approximate surface area is 185 Å². The Kier molecular flexibility index (Phi) is 5.09. The summed E-state index contributed by atoms with van der Waals surface area (Å²) in [5, 5.41) is 61.0. The molecule has 4 aromatic rings. The molecule has 4 rings (SSSR count). The third-order valence-corrected chi connectivity index (χ3v) is 5.18. The molecule has 0 aliphatic carbocycles. The molecule has 1 aromatic heterocycles. The SMILES string of the molecule is Cc1cc(O)cc(O)c1C(=O)c1c(Cc2cc(O)cc(=O)o2)cc2cc(O)cc(O)c2c1O. The van der Waals surface area contributed by atoms with Crippen molar-refractivity contribution in [2.24, 2.45) is 0 Å². The Morgan fingerprint density at radius 2 is 1.42 bits per heavy atom. The molecule has 0 radical (unpaired) electrons. The highest BCUT2D eigenvalue weighted by atomic mass is 16.4. The van der Waals surface area contributed by atoms with E-state index in [1.807, 2.05) is 0 Å². The van der Waals surface area contributed by atoms with E-state index in [0.29, 0.717) is 0 Å². The maximum absolute atomic E-state index is 13.5. The molecule has 0 saturated heterocycles. The number of rotatable bonds is 4. The molecule has 9 heteroatoms. The molecular formula is C24H18O9. The number of hydrogen-bond donors (Lipinski definition) is 6. The molecule has 1 heterocycles. The van der Waals surface area contributed by atoms with Gasteiger partial charge in [-0.3, -0.25) is 4.79 Å². The van der Waals surface area contributed by atoms with Crippen molar-refractivity contribution in [3.8, 4) is 34.5 Å². The molecule has 0 aliphatic rings. The molecule has 0 aliphatic heterocycles. The molecule has 168 valence electrons. The van der Waals surface area contributed by atoms with Gasteiger partial charge < -0.3 is 35.1 Å². The van der Waals surface area contributed by atoms with E-state index in [4.69, 9.17) is 4.42 Å². The van der Waals surface area contributed by atoms with Gasteiger partial charge in [-0.2, -0.15) is 0 Å². The summed E-state index contributed by atoms with van der Waals surface area (Å²) in [6.07, 6.45) is -0.234. The van der Waals surface area contributed by atoms with Gasteiger partial charge in [0, 0.05) is 24.6 Å². The highest BCUT2D eigenvalue weighted by Crippen LogP contribution is 2.42. The first-order valence-electron chi connectivity index (χ1n) is 9.66. The first-order chi connectivity index (χ1) is 15.5. The van der Waals surface area contributed by atoms with E-state index in [0.717, 1.165) is 18.2 Å². The topological polar surface area (TPSA) is 169 Å². The van der Waals surface area contributed by atoms with Crippen LogP contribution in [0.3, 0.4) is 0 Å². The van der Waals surface area contributed by atoms with Crippen LogP contribution in [-0.2, 0) is 6.42 Å². The van der Waals surface area contributed by atoms with Gasteiger partial charge in [-0.15, -0.1) is 0 Å². The Hall–Kier alpha value is -4.66. The van der Waals surface area contributed by atoms with Gasteiger partial charge in [0.25, 0.3) is 0 Å². The largest absolute Gasteiger partial charge is 0.508 e. The van der Waals surface area contributed by atoms with Crippen LogP contribution in [0.5, 0.6) is 34.5 Å². The maximum atomic E-state index is 13.5. The lowest BCUT2D eigenvalue weighted by atomic mass is 9.89. The average Bonchev–Trinajstić information content (AvgIpc) is 2.65. The van der Waals surface area contributed by atoms with E-state index < -0.39 is 28.7 Å². The highest BCUT2D eigenvalue weighted by molar-refractivity contribution is 6.17. The van der Waals surface area contributed by atoms with E-state index in [1.165, 1.54) is 31.2 Å². The molecule has 33 heavy (non-hydrogen) atoms. The van der Waals surface area contributed by atoms with Gasteiger partial charge in [-0.1, -0.05) is 0 Å². The van der Waals surface area contributed by atoms with E-state index in [1.54, 1.807) is 0 Å². The second kappa shape index (κ2) is 7.79. The Morgan fingerprint density at radius 1 is 0.788 bits per heavy atom. The second-order valence-corrected chi connectivity index (χ2v) is 7.59. The zero-order valence-corrected chi connectivity index (χ0v) is 17.2. The molecule has 0 amide bonds. The summed E-state index contributed by atoms with van der Waals surface area (Å²) < 4.78 is 5.08. The van der Waals surface area contributed by atoms with E-state index in [9.17, 15) is 40.2 Å². The Morgan fingerprint density at radius 3 is 2.09 bits per heavy atom. The summed E-state index contributed by atoms with van der Waals surface area (Å²) in [7, 11) is 0. The number of aryl methyl sites for hydroxylation is 1. The summed E-state index contributed by atoms with van der Waals surface area (Å²) in [6.45, 7) is 1.48. The fourth-order valence-electron chi connectivity index (χ4n) is 3.90. The van der Waals surface area contributed by atoms with Crippen LogP contribution < -0.4 is 5.63 Å². The van der Waals surface area contributed by atoms with Crippen LogP contribution in [0.25, 0.3) is 10.8 Å². The molecule has 0 spiro atoms. The Balaban J connectivity index is 2.02. The maximum Gasteiger partial charge on any atom is 0.339 e. The van der Waals surface area contributed by atoms with Gasteiger partial charge in [0.05, 0.1) is 22.6 Å². The lowest BCUT2D eigenvalue weighted by Crippen LogP contribution is -2.10. The summed E-state index contributed by atoms with van der Waals surface area (Å²) in [5.41, 5.74) is -0.986. The summed E-state index contributed by atoms with van der Waals surface area (Å²) in [6, 6.07) is 7.91. The van der Waals surface area contributed by atoms with Crippen molar-refractivity contribution in [2.45, 2.75) is 13.3 Å². The van der Waals surface area contributed by atoms with Crippen molar-refractivity contribution in [3.63, 3.8) is 0 Å². The van der Waals surface area contributed by atoms with Gasteiger partial charge in [-0.25, -0.2) is 4.79 Å². The van der Waals surface area contributed by atoms with E-state index in [-0.39, 0.29) is 62.5 Å². The number of carbonyl (C=O) groups is 1. The number of aromatic hydroxyl groups is 6. The van der Waals surface area contributed by atoms with Crippen molar-refractivity contribution in [1.82, 2.24) is 0 Å². The highest BCUT2D eigenvalue weighted by Gasteiger charge is 2.27. The minimum Gasteiger partial charge on any atom is -0.508 e. The fourth-order valence-corrected chi connectivity index (χ4v) is 3.90. The lowest BCUT2D eigenvalue weighted by molar-refractivity contribution is 0.103. The molecule has 6 N–H and O–H groups in total. The van der Waals surface area contributed by atoms with Gasteiger partial charge in [0.15, 0.2) is 0 Å². The van der Waals surface area contributed by atoms with Gasteiger partial charge >= 0.3 is 5.63 Å². The number of phenolic OH excluding ortho intramolecular Hbond substituents is 5. The lowest BCUT2D eigenvalue weighted by Gasteiger charge is -2.16. The van der Waals surface area contributed by atoms with Gasteiger partial charge in [-0.05, 0) is 41.6 Å². The first-order valence-corrected chi connectivity index (χ1v) is 9.66. The Bertz CT molecular complexity index is 1480. The molecule has 0 unspecified atom stereocenters. The van der Waals surface area contributed by atoms with Crippen LogP contribution in [0.4, 0.5) is 0 Å². The fraction of sp³-hybridized carbons (Fsp3) is 0.0833. The van der Waals surface area contributed by atoms with Crippen LogP contribution in [-0.4, -0.2) is 36.4 Å². The van der Waals surface area contributed by atoms with Crippen LogP contribution in [0.2, 0.25) is 0 Å². The van der Waals surface area contributed by atoms with Crippen LogP contribution in [0.15, 0.2) is 51.7 Å². The number of ketones is 1. The summed E-state index contributed by atoms with van der Waals surface area (Å²) in [4.78, 5) is 25.2. The van der Waals surface area contributed by atoms with Gasteiger partial charge in [0.1, 0.15) is 40.3 Å². The van der Waals surface area contributed by atoms with Crippen molar-refractivity contribution in [2.75, 3.05) is 0 Å². The monoisotopic (exact) mass is 450 g/mol. The zero-order valence-electron chi connectivity index (χ0n) is 17.2.